The molecule has 3 aliphatic carbocycles. The van der Waals surface area contributed by atoms with Crippen molar-refractivity contribution in [2.75, 3.05) is 20.2 Å². The van der Waals surface area contributed by atoms with E-state index < -0.39 is 66.0 Å². The minimum Gasteiger partial charge on any atom is -0.375 e. The van der Waals surface area contributed by atoms with E-state index in [4.69, 9.17) is 20.9 Å². The second-order valence-corrected chi connectivity index (χ2v) is 15.9. The van der Waals surface area contributed by atoms with Crippen LogP contribution in [-0.2, 0) is 33.4 Å². The molecule has 52 heavy (non-hydrogen) atoms. The number of carbonyl (C=O) groups excluding carboxylic acids is 5. The molecule has 1 heterocycles. The van der Waals surface area contributed by atoms with Gasteiger partial charge in [-0.1, -0.05) is 78.1 Å². The second-order valence-electron chi connectivity index (χ2n) is 15.9. The first-order chi connectivity index (χ1) is 24.9. The SMILES string of the molecule is CCC[C@H]1C(=O)N[C@@H](C2CCCCCC2)C(=O)N[C@@H](CN)C(=O)N[C@@H](CO[C@H]2C[C@H](N)C2)C(=O)N[C@H](C)O[C@H](CC2CCCCC2)[C@@H](C)C(=O)N1C. The average molecular weight is 734 g/mol. The molecule has 4 aliphatic rings. The summed E-state index contributed by atoms with van der Waals surface area (Å²) >= 11 is 0. The van der Waals surface area contributed by atoms with Crippen LogP contribution in [0.1, 0.15) is 124 Å². The molecule has 3 saturated carbocycles. The fourth-order valence-electron chi connectivity index (χ4n) is 8.35. The molecule has 296 valence electrons. The lowest BCUT2D eigenvalue weighted by atomic mass is 9.82. The number of hydrogen-bond acceptors (Lipinski definition) is 9. The molecule has 14 nitrogen and oxygen atoms in total. The van der Waals surface area contributed by atoms with Crippen molar-refractivity contribution in [2.24, 2.45) is 29.2 Å². The molecule has 0 aromatic carbocycles. The van der Waals surface area contributed by atoms with Crippen LogP contribution in [-0.4, -0.2) is 103 Å². The summed E-state index contributed by atoms with van der Waals surface area (Å²) in [5, 5.41) is 11.5. The van der Waals surface area contributed by atoms with Gasteiger partial charge in [-0.25, -0.2) is 0 Å². The van der Waals surface area contributed by atoms with Crippen LogP contribution in [0.25, 0.3) is 0 Å². The van der Waals surface area contributed by atoms with Gasteiger partial charge in [-0.2, -0.15) is 0 Å². The van der Waals surface area contributed by atoms with Gasteiger partial charge < -0.3 is 47.1 Å². The molecular weight excluding hydrogens is 666 g/mol. The standard InChI is InChI=1S/C38H67N7O7/c1-5-13-31-36(48)44-33(26-16-11-6-7-12-17-26)37(49)42-29(21-39)34(46)43-30(22-51-28-19-27(40)20-28)35(47)41-24(3)52-32(23(2)38(50)45(31)4)18-25-14-9-8-10-15-25/h23-33H,5-22,39-40H2,1-4H3,(H,41,47)(H,42,49)(H,43,46)(H,44,48)/t23-,24+,27-,28-,29+,30+,31+,32-,33+/m1/s1. The van der Waals surface area contributed by atoms with Crippen molar-refractivity contribution >= 4 is 29.5 Å². The summed E-state index contributed by atoms with van der Waals surface area (Å²) < 4.78 is 12.5. The van der Waals surface area contributed by atoms with Crippen LogP contribution in [0.3, 0.4) is 0 Å². The molecule has 1 aliphatic heterocycles. The minimum absolute atomic E-state index is 0.0351. The Balaban J connectivity index is 1.67. The van der Waals surface area contributed by atoms with Gasteiger partial charge >= 0.3 is 0 Å². The fourth-order valence-corrected chi connectivity index (χ4v) is 8.35. The number of ether oxygens (including phenoxy) is 2. The number of rotatable bonds is 9. The van der Waals surface area contributed by atoms with Gasteiger partial charge in [0.2, 0.25) is 29.5 Å². The summed E-state index contributed by atoms with van der Waals surface area (Å²) in [6.45, 7) is 5.15. The Morgan fingerprint density at radius 1 is 0.788 bits per heavy atom. The van der Waals surface area contributed by atoms with Gasteiger partial charge in [0.15, 0.2) is 0 Å². The van der Waals surface area contributed by atoms with Crippen molar-refractivity contribution in [3.8, 4) is 0 Å². The van der Waals surface area contributed by atoms with E-state index in [-0.39, 0.29) is 37.1 Å². The Hall–Kier alpha value is -2.81. The average Bonchev–Trinajstić information content (AvgIpc) is 3.40. The summed E-state index contributed by atoms with van der Waals surface area (Å²) in [6, 6.07) is -4.00. The van der Waals surface area contributed by atoms with Gasteiger partial charge in [0.25, 0.3) is 0 Å². The molecular formula is C38H67N7O7. The molecule has 4 fully saturated rings. The normalized spacial score (nSPS) is 34.5. The first-order valence-electron chi connectivity index (χ1n) is 20.1. The number of nitrogens with one attached hydrogen (secondary N) is 4. The Labute approximate surface area is 310 Å². The molecule has 0 bridgehead atoms. The third-order valence-corrected chi connectivity index (χ3v) is 11.7. The van der Waals surface area contributed by atoms with Gasteiger partial charge in [0.1, 0.15) is 30.4 Å². The van der Waals surface area contributed by atoms with Crippen molar-refractivity contribution in [3.63, 3.8) is 0 Å². The molecule has 7 atom stereocenters. The van der Waals surface area contributed by atoms with Crippen LogP contribution in [0, 0.1) is 17.8 Å². The van der Waals surface area contributed by atoms with Crippen molar-refractivity contribution in [2.45, 2.75) is 172 Å². The van der Waals surface area contributed by atoms with Crippen LogP contribution in [0.2, 0.25) is 0 Å². The van der Waals surface area contributed by atoms with Gasteiger partial charge in [0, 0.05) is 19.6 Å². The van der Waals surface area contributed by atoms with Crippen LogP contribution in [0.4, 0.5) is 0 Å². The third-order valence-electron chi connectivity index (χ3n) is 11.7. The molecule has 8 N–H and O–H groups in total. The lowest BCUT2D eigenvalue weighted by Gasteiger charge is -2.37. The summed E-state index contributed by atoms with van der Waals surface area (Å²) in [5.41, 5.74) is 12.0. The largest absolute Gasteiger partial charge is 0.375 e. The van der Waals surface area contributed by atoms with E-state index >= 15 is 0 Å². The zero-order chi connectivity index (χ0) is 37.8. The summed E-state index contributed by atoms with van der Waals surface area (Å²) in [7, 11) is 1.65. The van der Waals surface area contributed by atoms with Gasteiger partial charge in [-0.3, -0.25) is 24.0 Å². The Kier molecular flexibility index (Phi) is 16.6. The van der Waals surface area contributed by atoms with Gasteiger partial charge in [-0.05, 0) is 57.3 Å². The zero-order valence-electron chi connectivity index (χ0n) is 32.0. The van der Waals surface area contributed by atoms with E-state index in [0.29, 0.717) is 38.0 Å². The monoisotopic (exact) mass is 734 g/mol. The maximum Gasteiger partial charge on any atom is 0.246 e. The maximum absolute atomic E-state index is 14.3. The van der Waals surface area contributed by atoms with Crippen molar-refractivity contribution in [1.29, 1.82) is 0 Å². The number of nitrogens with zero attached hydrogens (tertiary/aromatic N) is 1. The Morgan fingerprint density at radius 3 is 2.00 bits per heavy atom. The highest BCUT2D eigenvalue weighted by molar-refractivity contribution is 5.96. The summed E-state index contributed by atoms with van der Waals surface area (Å²) in [5.74, 6) is -2.71. The lowest BCUT2D eigenvalue weighted by Crippen LogP contribution is -2.62. The summed E-state index contributed by atoms with van der Waals surface area (Å²) in [4.78, 5) is 71.5. The maximum atomic E-state index is 14.3. The quantitative estimate of drug-likeness (QED) is 0.191. The highest BCUT2D eigenvalue weighted by Crippen LogP contribution is 2.32. The van der Waals surface area contributed by atoms with E-state index in [2.05, 4.69) is 21.3 Å². The molecule has 0 aromatic rings. The van der Waals surface area contributed by atoms with E-state index in [1.807, 2.05) is 13.8 Å². The second kappa shape index (κ2) is 20.6. The number of likely N-dealkylation sites (N-methyl/N-ethyl adjacent to an activating group) is 1. The van der Waals surface area contributed by atoms with Crippen LogP contribution in [0.5, 0.6) is 0 Å². The number of amides is 5. The first kappa shape index (κ1) is 41.9. The number of carbonyl (C=O) groups is 5. The predicted octanol–water partition coefficient (Wildman–Crippen LogP) is 1.97. The molecule has 4 rings (SSSR count). The van der Waals surface area contributed by atoms with E-state index in [9.17, 15) is 24.0 Å². The molecule has 0 unspecified atom stereocenters. The Bertz CT molecular complexity index is 1190. The van der Waals surface area contributed by atoms with E-state index in [1.54, 1.807) is 14.0 Å². The predicted molar refractivity (Wildman–Crippen MR) is 197 cm³/mol. The highest BCUT2D eigenvalue weighted by Gasteiger charge is 2.40. The van der Waals surface area contributed by atoms with Crippen molar-refractivity contribution in [1.82, 2.24) is 26.2 Å². The van der Waals surface area contributed by atoms with E-state index in [0.717, 1.165) is 64.2 Å². The minimum atomic E-state index is -1.17. The number of hydrogen-bond donors (Lipinski definition) is 6. The third kappa shape index (κ3) is 11.8. The van der Waals surface area contributed by atoms with Crippen LogP contribution in [0.15, 0.2) is 0 Å². The topological polar surface area (TPSA) is 207 Å². The van der Waals surface area contributed by atoms with Crippen molar-refractivity contribution in [3.05, 3.63) is 0 Å². The number of nitrogens with two attached hydrogens (primary N) is 2. The molecule has 5 amide bonds. The highest BCUT2D eigenvalue weighted by atomic mass is 16.5. The molecule has 1 saturated heterocycles. The molecule has 0 radical (unpaired) electrons. The van der Waals surface area contributed by atoms with Gasteiger partial charge in [0.05, 0.1) is 24.7 Å². The first-order valence-corrected chi connectivity index (χ1v) is 20.1. The van der Waals surface area contributed by atoms with E-state index in [1.165, 1.54) is 11.3 Å². The van der Waals surface area contributed by atoms with Crippen molar-refractivity contribution < 1.29 is 33.4 Å². The molecule has 14 heteroatoms. The zero-order valence-corrected chi connectivity index (χ0v) is 32.0. The Morgan fingerprint density at radius 2 is 1.38 bits per heavy atom. The van der Waals surface area contributed by atoms with Crippen LogP contribution >= 0.6 is 0 Å². The molecule has 0 spiro atoms. The molecule has 0 aromatic heterocycles. The van der Waals surface area contributed by atoms with Crippen LogP contribution < -0.4 is 32.7 Å². The lowest BCUT2D eigenvalue weighted by molar-refractivity contribution is -0.151. The fraction of sp³-hybridized carbons (Fsp3) is 0.868. The smallest absolute Gasteiger partial charge is 0.246 e. The van der Waals surface area contributed by atoms with Gasteiger partial charge in [-0.15, -0.1) is 0 Å². The summed E-state index contributed by atoms with van der Waals surface area (Å²) in [6.07, 6.45) is 12.4.